The molecule has 0 bridgehead atoms. The maximum absolute atomic E-state index is 10.2. The zero-order chi connectivity index (χ0) is 9.68. The zero-order valence-electron chi connectivity index (χ0n) is 7.90. The van der Waals surface area contributed by atoms with E-state index in [2.05, 4.69) is 0 Å². The Morgan fingerprint density at radius 1 is 1.23 bits per heavy atom. The predicted molar refractivity (Wildman–Crippen MR) is 55.9 cm³/mol. The van der Waals surface area contributed by atoms with E-state index in [0.29, 0.717) is 0 Å². The summed E-state index contributed by atoms with van der Waals surface area (Å²) >= 11 is 0. The molecule has 2 nitrogen and oxygen atoms in total. The fourth-order valence-corrected chi connectivity index (χ4v) is 1.18. The fourth-order valence-electron chi connectivity index (χ4n) is 1.18. The highest BCUT2D eigenvalue weighted by Crippen LogP contribution is 2.18. The number of aldehydes is 1. The lowest BCUT2D eigenvalue weighted by molar-refractivity contribution is -0.104. The highest BCUT2D eigenvalue weighted by Gasteiger charge is 1.98. The molecule has 1 rings (SSSR count). The van der Waals surface area contributed by atoms with Crippen LogP contribution in [0.4, 0.5) is 5.69 Å². The highest BCUT2D eigenvalue weighted by atomic mass is 16.1. The van der Waals surface area contributed by atoms with Gasteiger partial charge in [0.05, 0.1) is 0 Å². The van der Waals surface area contributed by atoms with Crippen molar-refractivity contribution in [2.45, 2.75) is 0 Å². The van der Waals surface area contributed by atoms with Crippen molar-refractivity contribution in [2.24, 2.45) is 0 Å². The van der Waals surface area contributed by atoms with Crippen LogP contribution in [0.15, 0.2) is 30.3 Å². The van der Waals surface area contributed by atoms with Crippen LogP contribution in [-0.4, -0.2) is 20.4 Å². The summed E-state index contributed by atoms with van der Waals surface area (Å²) in [6.07, 6.45) is 4.09. The van der Waals surface area contributed by atoms with E-state index >= 15 is 0 Å². The van der Waals surface area contributed by atoms with E-state index in [1.54, 1.807) is 0 Å². The standard InChI is InChI=1S/C11H13NO/c1-12(2)11-8-4-3-6-10(11)7-5-9-13/h3-9H,1-2H3/b7-5-. The van der Waals surface area contributed by atoms with Crippen LogP contribution in [-0.2, 0) is 4.79 Å². The van der Waals surface area contributed by atoms with Crippen LogP contribution in [0.3, 0.4) is 0 Å². The quantitative estimate of drug-likeness (QED) is 0.517. The first kappa shape index (κ1) is 9.52. The van der Waals surface area contributed by atoms with Crippen LogP contribution in [0.2, 0.25) is 0 Å². The van der Waals surface area contributed by atoms with Gasteiger partial charge in [-0.2, -0.15) is 0 Å². The number of anilines is 1. The maximum Gasteiger partial charge on any atom is 0.142 e. The van der Waals surface area contributed by atoms with Gasteiger partial charge < -0.3 is 4.90 Å². The van der Waals surface area contributed by atoms with E-state index in [1.807, 2.05) is 49.3 Å². The average molecular weight is 175 g/mol. The molecule has 0 radical (unpaired) electrons. The zero-order valence-corrected chi connectivity index (χ0v) is 7.90. The van der Waals surface area contributed by atoms with Crippen LogP contribution in [0.25, 0.3) is 6.08 Å². The van der Waals surface area contributed by atoms with Crippen molar-refractivity contribution in [3.05, 3.63) is 35.9 Å². The molecule has 0 aliphatic rings. The molecule has 0 heterocycles. The lowest BCUT2D eigenvalue weighted by Gasteiger charge is -2.14. The van der Waals surface area contributed by atoms with Crippen molar-refractivity contribution in [3.8, 4) is 0 Å². The summed E-state index contributed by atoms with van der Waals surface area (Å²) < 4.78 is 0. The first-order valence-corrected chi connectivity index (χ1v) is 4.14. The molecule has 0 N–H and O–H groups in total. The Labute approximate surface area is 78.5 Å². The van der Waals surface area contributed by atoms with Gasteiger partial charge in [-0.15, -0.1) is 0 Å². The summed E-state index contributed by atoms with van der Waals surface area (Å²) in [5.74, 6) is 0. The summed E-state index contributed by atoms with van der Waals surface area (Å²) in [5, 5.41) is 0. The summed E-state index contributed by atoms with van der Waals surface area (Å²) in [4.78, 5) is 12.2. The minimum absolute atomic E-state index is 0.784. The molecule has 0 fully saturated rings. The minimum Gasteiger partial charge on any atom is -0.377 e. The highest BCUT2D eigenvalue weighted by molar-refractivity contribution is 5.78. The third-order valence-electron chi connectivity index (χ3n) is 1.77. The van der Waals surface area contributed by atoms with Gasteiger partial charge in [0.1, 0.15) is 6.29 Å². The molecule has 2 heteroatoms. The van der Waals surface area contributed by atoms with E-state index in [0.717, 1.165) is 17.5 Å². The first-order valence-electron chi connectivity index (χ1n) is 4.14. The number of benzene rings is 1. The summed E-state index contributed by atoms with van der Waals surface area (Å²) in [7, 11) is 3.96. The second-order valence-electron chi connectivity index (χ2n) is 2.95. The second kappa shape index (κ2) is 4.45. The Morgan fingerprint density at radius 2 is 1.92 bits per heavy atom. The van der Waals surface area contributed by atoms with Crippen LogP contribution in [0.1, 0.15) is 5.56 Å². The minimum atomic E-state index is 0.784. The summed E-state index contributed by atoms with van der Waals surface area (Å²) in [6.45, 7) is 0. The molecule has 0 unspecified atom stereocenters. The maximum atomic E-state index is 10.2. The molecule has 68 valence electrons. The van der Waals surface area contributed by atoms with Gasteiger partial charge in [-0.25, -0.2) is 0 Å². The Bertz CT molecular complexity index is 316. The molecule has 0 spiro atoms. The summed E-state index contributed by atoms with van der Waals surface area (Å²) in [5.41, 5.74) is 2.17. The SMILES string of the molecule is CN(C)c1ccccc1/C=C\C=O. The van der Waals surface area contributed by atoms with Crippen molar-refractivity contribution < 1.29 is 4.79 Å². The Hall–Kier alpha value is -1.57. The Morgan fingerprint density at radius 3 is 2.54 bits per heavy atom. The van der Waals surface area contributed by atoms with E-state index < -0.39 is 0 Å². The number of carbonyl (C=O) groups is 1. The lowest BCUT2D eigenvalue weighted by atomic mass is 10.1. The number of nitrogens with zero attached hydrogens (tertiary/aromatic N) is 1. The number of hydrogen-bond donors (Lipinski definition) is 0. The topological polar surface area (TPSA) is 20.3 Å². The van der Waals surface area contributed by atoms with Gasteiger partial charge in [0.2, 0.25) is 0 Å². The molecule has 0 amide bonds. The molecule has 13 heavy (non-hydrogen) atoms. The lowest BCUT2D eigenvalue weighted by Crippen LogP contribution is -2.09. The van der Waals surface area contributed by atoms with Gasteiger partial charge in [-0.1, -0.05) is 18.2 Å². The van der Waals surface area contributed by atoms with Gasteiger partial charge in [0.15, 0.2) is 0 Å². The Balaban J connectivity index is 3.04. The number of para-hydroxylation sites is 1. The van der Waals surface area contributed by atoms with E-state index in [4.69, 9.17) is 0 Å². The van der Waals surface area contributed by atoms with E-state index in [1.165, 1.54) is 6.08 Å². The van der Waals surface area contributed by atoms with Gasteiger partial charge in [-0.3, -0.25) is 4.79 Å². The number of hydrogen-bond acceptors (Lipinski definition) is 2. The van der Waals surface area contributed by atoms with Gasteiger partial charge >= 0.3 is 0 Å². The molecular formula is C11H13NO. The van der Waals surface area contributed by atoms with E-state index in [-0.39, 0.29) is 0 Å². The molecular weight excluding hydrogens is 162 g/mol. The molecule has 0 aromatic heterocycles. The summed E-state index contributed by atoms with van der Waals surface area (Å²) in [6, 6.07) is 7.94. The van der Waals surface area contributed by atoms with E-state index in [9.17, 15) is 4.79 Å². The number of allylic oxidation sites excluding steroid dienone is 1. The van der Waals surface area contributed by atoms with Crippen LogP contribution >= 0.6 is 0 Å². The third-order valence-corrected chi connectivity index (χ3v) is 1.77. The third kappa shape index (κ3) is 2.44. The van der Waals surface area contributed by atoms with Crippen molar-refractivity contribution in [3.63, 3.8) is 0 Å². The van der Waals surface area contributed by atoms with Crippen molar-refractivity contribution in [2.75, 3.05) is 19.0 Å². The fraction of sp³-hybridized carbons (Fsp3) is 0.182. The van der Waals surface area contributed by atoms with Crippen LogP contribution in [0, 0.1) is 0 Å². The molecule has 1 aromatic carbocycles. The monoisotopic (exact) mass is 175 g/mol. The van der Waals surface area contributed by atoms with Crippen molar-refractivity contribution >= 4 is 18.0 Å². The average Bonchev–Trinajstić information content (AvgIpc) is 2.15. The second-order valence-corrected chi connectivity index (χ2v) is 2.95. The number of carbonyl (C=O) groups excluding carboxylic acids is 1. The largest absolute Gasteiger partial charge is 0.377 e. The molecule has 0 saturated carbocycles. The van der Waals surface area contributed by atoms with Crippen molar-refractivity contribution in [1.82, 2.24) is 0 Å². The molecule has 1 aromatic rings. The van der Waals surface area contributed by atoms with Gasteiger partial charge in [0.25, 0.3) is 0 Å². The molecule has 0 atom stereocenters. The molecule has 0 saturated heterocycles. The molecule has 0 aliphatic heterocycles. The molecule has 0 aliphatic carbocycles. The number of rotatable bonds is 3. The normalized spacial score (nSPS) is 10.3. The van der Waals surface area contributed by atoms with Gasteiger partial charge in [0, 0.05) is 19.8 Å². The smallest absolute Gasteiger partial charge is 0.142 e. The van der Waals surface area contributed by atoms with Crippen LogP contribution in [0.5, 0.6) is 0 Å². The van der Waals surface area contributed by atoms with Crippen LogP contribution < -0.4 is 4.90 Å². The predicted octanol–water partition coefficient (Wildman–Crippen LogP) is 1.96. The van der Waals surface area contributed by atoms with Gasteiger partial charge in [-0.05, 0) is 23.8 Å². The van der Waals surface area contributed by atoms with Crippen molar-refractivity contribution in [1.29, 1.82) is 0 Å². The first-order chi connectivity index (χ1) is 6.25. The Kier molecular flexibility index (Phi) is 3.26.